The van der Waals surface area contributed by atoms with Crippen LogP contribution >= 0.6 is 11.6 Å². The molecule has 14 heavy (non-hydrogen) atoms. The molecule has 0 aliphatic carbocycles. The summed E-state index contributed by atoms with van der Waals surface area (Å²) in [6.07, 6.45) is 0.134. The summed E-state index contributed by atoms with van der Waals surface area (Å²) in [6.45, 7) is 2.36. The molecule has 0 bridgehead atoms. The largest absolute Gasteiger partial charge is 0.373 e. The Hall–Kier alpha value is -0.860. The van der Waals surface area contributed by atoms with Crippen LogP contribution in [0.1, 0.15) is 18.9 Å². The lowest BCUT2D eigenvalue weighted by Gasteiger charge is -2.10. The van der Waals surface area contributed by atoms with E-state index in [0.29, 0.717) is 6.61 Å². The molecule has 1 rings (SSSR count). The molecule has 0 fully saturated rings. The molecule has 1 aromatic carbocycles. The molecule has 0 saturated carbocycles. The summed E-state index contributed by atoms with van der Waals surface area (Å²) in [7, 11) is 0. The van der Waals surface area contributed by atoms with Crippen LogP contribution < -0.4 is 0 Å². The molecule has 0 heterocycles. The van der Waals surface area contributed by atoms with E-state index in [1.54, 1.807) is 0 Å². The van der Waals surface area contributed by atoms with Crippen molar-refractivity contribution in [3.8, 4) is 0 Å². The Morgan fingerprint density at radius 2 is 2.07 bits per heavy atom. The lowest BCUT2D eigenvalue weighted by Crippen LogP contribution is -2.10. The van der Waals surface area contributed by atoms with Gasteiger partial charge in [0.2, 0.25) is 5.24 Å². The van der Waals surface area contributed by atoms with Gasteiger partial charge in [0.1, 0.15) is 0 Å². The highest BCUT2D eigenvalue weighted by molar-refractivity contribution is 6.63. The first-order valence-corrected chi connectivity index (χ1v) is 4.90. The van der Waals surface area contributed by atoms with Gasteiger partial charge in [-0.25, -0.2) is 0 Å². The third-order valence-electron chi connectivity index (χ3n) is 1.83. The summed E-state index contributed by atoms with van der Waals surface area (Å²) in [6, 6.07) is 9.83. The monoisotopic (exact) mass is 212 g/mol. The lowest BCUT2D eigenvalue weighted by molar-refractivity contribution is -0.114. The average molecular weight is 213 g/mol. The fourth-order valence-electron chi connectivity index (χ4n) is 1.10. The SMILES string of the molecule is CC(CC(=O)Cl)OCc1ccccc1. The van der Waals surface area contributed by atoms with Crippen molar-refractivity contribution in [3.05, 3.63) is 35.9 Å². The third kappa shape index (κ3) is 4.40. The molecule has 0 amide bonds. The molecule has 0 spiro atoms. The van der Waals surface area contributed by atoms with Crippen LogP contribution in [0.4, 0.5) is 0 Å². The predicted molar refractivity (Wildman–Crippen MR) is 56.2 cm³/mol. The number of carbonyl (C=O) groups is 1. The van der Waals surface area contributed by atoms with E-state index in [-0.39, 0.29) is 17.8 Å². The summed E-state index contributed by atoms with van der Waals surface area (Å²) >= 11 is 5.24. The Morgan fingerprint density at radius 3 is 2.64 bits per heavy atom. The fourth-order valence-corrected chi connectivity index (χ4v) is 1.31. The third-order valence-corrected chi connectivity index (χ3v) is 1.98. The van der Waals surface area contributed by atoms with Crippen molar-refractivity contribution in [1.29, 1.82) is 0 Å². The Labute approximate surface area is 88.8 Å². The van der Waals surface area contributed by atoms with E-state index in [0.717, 1.165) is 5.56 Å². The molecule has 1 aromatic rings. The van der Waals surface area contributed by atoms with Crippen LogP contribution in [0.2, 0.25) is 0 Å². The molecule has 0 aliphatic rings. The second kappa shape index (κ2) is 5.78. The summed E-state index contributed by atoms with van der Waals surface area (Å²) < 4.78 is 5.43. The van der Waals surface area contributed by atoms with Gasteiger partial charge < -0.3 is 4.74 Å². The van der Waals surface area contributed by atoms with Crippen LogP contribution in [0.5, 0.6) is 0 Å². The molecule has 0 aliphatic heterocycles. The van der Waals surface area contributed by atoms with Crippen LogP contribution in [0.25, 0.3) is 0 Å². The van der Waals surface area contributed by atoms with E-state index in [1.807, 2.05) is 37.3 Å². The second-order valence-electron chi connectivity index (χ2n) is 3.17. The Balaban J connectivity index is 2.30. The highest BCUT2D eigenvalue weighted by Gasteiger charge is 2.06. The van der Waals surface area contributed by atoms with E-state index in [9.17, 15) is 4.79 Å². The van der Waals surface area contributed by atoms with Crippen molar-refractivity contribution in [3.63, 3.8) is 0 Å². The lowest BCUT2D eigenvalue weighted by atomic mass is 10.2. The molecule has 0 saturated heterocycles. The van der Waals surface area contributed by atoms with Crippen LogP contribution in [0.15, 0.2) is 30.3 Å². The van der Waals surface area contributed by atoms with E-state index < -0.39 is 0 Å². The zero-order chi connectivity index (χ0) is 10.4. The second-order valence-corrected chi connectivity index (χ2v) is 3.59. The number of carbonyl (C=O) groups excluding carboxylic acids is 1. The normalized spacial score (nSPS) is 12.4. The zero-order valence-corrected chi connectivity index (χ0v) is 8.83. The van der Waals surface area contributed by atoms with E-state index in [4.69, 9.17) is 16.3 Å². The average Bonchev–Trinajstić information content (AvgIpc) is 2.15. The van der Waals surface area contributed by atoms with Crippen LogP contribution in [0.3, 0.4) is 0 Å². The van der Waals surface area contributed by atoms with Gasteiger partial charge in [-0.1, -0.05) is 30.3 Å². The smallest absolute Gasteiger partial charge is 0.224 e. The van der Waals surface area contributed by atoms with Gasteiger partial charge in [-0.3, -0.25) is 4.79 Å². The van der Waals surface area contributed by atoms with Gasteiger partial charge in [0, 0.05) is 6.42 Å². The summed E-state index contributed by atoms with van der Waals surface area (Å²) in [5, 5.41) is -0.356. The van der Waals surface area contributed by atoms with Crippen LogP contribution in [-0.4, -0.2) is 11.3 Å². The molecule has 1 unspecified atom stereocenters. The minimum absolute atomic E-state index is 0.125. The van der Waals surface area contributed by atoms with Crippen LogP contribution in [0, 0.1) is 0 Å². The van der Waals surface area contributed by atoms with Crippen molar-refractivity contribution in [2.75, 3.05) is 0 Å². The van der Waals surface area contributed by atoms with E-state index >= 15 is 0 Å². The number of rotatable bonds is 5. The topological polar surface area (TPSA) is 26.3 Å². The Kier molecular flexibility index (Phi) is 4.63. The van der Waals surface area contributed by atoms with Crippen molar-refractivity contribution in [2.24, 2.45) is 0 Å². The minimum Gasteiger partial charge on any atom is -0.373 e. The molecular weight excluding hydrogens is 200 g/mol. The molecule has 0 aromatic heterocycles. The van der Waals surface area contributed by atoms with Crippen LogP contribution in [-0.2, 0) is 16.1 Å². The highest BCUT2D eigenvalue weighted by atomic mass is 35.5. The highest BCUT2D eigenvalue weighted by Crippen LogP contribution is 2.06. The van der Waals surface area contributed by atoms with Gasteiger partial charge in [0.05, 0.1) is 12.7 Å². The Bertz CT molecular complexity index is 285. The van der Waals surface area contributed by atoms with Crippen molar-refractivity contribution in [2.45, 2.75) is 26.1 Å². The van der Waals surface area contributed by atoms with Crippen molar-refractivity contribution in [1.82, 2.24) is 0 Å². The molecule has 76 valence electrons. The number of halogens is 1. The Morgan fingerprint density at radius 1 is 1.43 bits per heavy atom. The molecule has 0 radical (unpaired) electrons. The van der Waals surface area contributed by atoms with Gasteiger partial charge in [0.15, 0.2) is 0 Å². The van der Waals surface area contributed by atoms with Gasteiger partial charge in [-0.2, -0.15) is 0 Å². The quantitative estimate of drug-likeness (QED) is 0.702. The summed E-state index contributed by atoms with van der Waals surface area (Å²) in [4.78, 5) is 10.6. The first-order chi connectivity index (χ1) is 6.68. The maximum absolute atomic E-state index is 10.6. The number of hydrogen-bond donors (Lipinski definition) is 0. The van der Waals surface area contributed by atoms with Gasteiger partial charge >= 0.3 is 0 Å². The molecule has 3 heteroatoms. The number of ether oxygens (including phenoxy) is 1. The van der Waals surface area contributed by atoms with E-state index in [1.165, 1.54) is 0 Å². The summed E-state index contributed by atoms with van der Waals surface area (Å²) in [5.74, 6) is 0. The standard InChI is InChI=1S/C11H13ClO2/c1-9(7-11(12)13)14-8-10-5-3-2-4-6-10/h2-6,9H,7-8H2,1H3. The molecule has 0 N–H and O–H groups in total. The van der Waals surface area contributed by atoms with Gasteiger partial charge in [0.25, 0.3) is 0 Å². The van der Waals surface area contributed by atoms with Crippen molar-refractivity contribution >= 4 is 16.8 Å². The van der Waals surface area contributed by atoms with E-state index in [2.05, 4.69) is 0 Å². The maximum Gasteiger partial charge on any atom is 0.224 e. The fraction of sp³-hybridized carbons (Fsp3) is 0.364. The molecular formula is C11H13ClO2. The predicted octanol–water partition coefficient (Wildman–Crippen LogP) is 2.75. The summed E-state index contributed by atoms with van der Waals surface area (Å²) in [5.41, 5.74) is 1.10. The maximum atomic E-state index is 10.6. The zero-order valence-electron chi connectivity index (χ0n) is 8.07. The first-order valence-electron chi connectivity index (χ1n) is 4.52. The van der Waals surface area contributed by atoms with Crippen molar-refractivity contribution < 1.29 is 9.53 Å². The first kappa shape index (κ1) is 11.2. The molecule has 2 nitrogen and oxygen atoms in total. The van der Waals surface area contributed by atoms with Gasteiger partial charge in [-0.05, 0) is 24.1 Å². The number of hydrogen-bond acceptors (Lipinski definition) is 2. The molecule has 1 atom stereocenters. The number of benzene rings is 1. The van der Waals surface area contributed by atoms with Gasteiger partial charge in [-0.15, -0.1) is 0 Å². The minimum atomic E-state index is -0.356.